The topological polar surface area (TPSA) is 109 Å². The van der Waals surface area contributed by atoms with Gasteiger partial charge in [0.05, 0.1) is 41.6 Å². The van der Waals surface area contributed by atoms with Gasteiger partial charge in [0.25, 0.3) is 0 Å². The van der Waals surface area contributed by atoms with Crippen LogP contribution in [-0.2, 0) is 4.74 Å². The Morgan fingerprint density at radius 1 is 1.28 bits per heavy atom. The first-order chi connectivity index (χ1) is 17.1. The molecular formula is C25H27ClFN7O2. The fourth-order valence-corrected chi connectivity index (χ4v) is 4.71. The molecular weight excluding hydrogens is 485 g/mol. The van der Waals surface area contributed by atoms with Crippen LogP contribution < -0.4 is 5.32 Å². The number of benzene rings is 1. The summed E-state index contributed by atoms with van der Waals surface area (Å²) in [7, 11) is 0. The Balaban J connectivity index is 1.38. The zero-order chi connectivity index (χ0) is 25.6. The molecule has 11 heteroatoms. The molecule has 2 aromatic heterocycles. The maximum absolute atomic E-state index is 15.3. The first-order valence-electron chi connectivity index (χ1n) is 12.0. The van der Waals surface area contributed by atoms with Crippen molar-refractivity contribution in [1.29, 1.82) is 5.26 Å². The highest BCUT2D eigenvalue weighted by atomic mass is 35.5. The molecule has 1 saturated carbocycles. The molecule has 1 N–H and O–H groups in total. The number of fused-ring (bicyclic) bond motifs is 1. The first kappa shape index (κ1) is 24.3. The molecule has 2 atom stereocenters. The SMILES string of the molecule is CC(C)(C)OC(=O)N1CC[C@H](c2cc3nc(Nc4cnn(C5CC5)c4Cl)ncc3cc2C#N)[C@@H](F)C1. The quantitative estimate of drug-likeness (QED) is 0.493. The summed E-state index contributed by atoms with van der Waals surface area (Å²) in [6.07, 6.45) is 3.87. The number of anilines is 2. The Morgan fingerprint density at radius 3 is 2.72 bits per heavy atom. The molecule has 0 bridgehead atoms. The summed E-state index contributed by atoms with van der Waals surface area (Å²) < 4.78 is 22.5. The van der Waals surface area contributed by atoms with Gasteiger partial charge in [0.2, 0.25) is 5.95 Å². The van der Waals surface area contributed by atoms with Crippen molar-refractivity contribution in [1.82, 2.24) is 24.6 Å². The first-order valence-corrected chi connectivity index (χ1v) is 12.3. The number of hydrogen-bond acceptors (Lipinski definition) is 7. The highest BCUT2D eigenvalue weighted by Crippen LogP contribution is 2.39. The third-order valence-electron chi connectivity index (χ3n) is 6.34. The van der Waals surface area contributed by atoms with E-state index in [0.717, 1.165) is 12.8 Å². The van der Waals surface area contributed by atoms with Gasteiger partial charge in [0, 0.05) is 24.0 Å². The molecule has 5 rings (SSSR count). The Kier molecular flexibility index (Phi) is 6.20. The molecule has 9 nitrogen and oxygen atoms in total. The van der Waals surface area contributed by atoms with E-state index < -0.39 is 23.8 Å². The van der Waals surface area contributed by atoms with Crippen LogP contribution in [0.2, 0.25) is 5.15 Å². The summed E-state index contributed by atoms with van der Waals surface area (Å²) in [5, 5.41) is 18.4. The minimum Gasteiger partial charge on any atom is -0.444 e. The van der Waals surface area contributed by atoms with Crippen LogP contribution in [0.3, 0.4) is 0 Å². The van der Waals surface area contributed by atoms with Crippen molar-refractivity contribution in [3.05, 3.63) is 40.8 Å². The number of hydrogen-bond donors (Lipinski definition) is 1. The highest BCUT2D eigenvalue weighted by Gasteiger charge is 2.35. The van der Waals surface area contributed by atoms with Crippen molar-refractivity contribution in [3.63, 3.8) is 0 Å². The minimum absolute atomic E-state index is 0.0947. The van der Waals surface area contributed by atoms with Crippen molar-refractivity contribution in [2.75, 3.05) is 18.4 Å². The van der Waals surface area contributed by atoms with Gasteiger partial charge >= 0.3 is 6.09 Å². The van der Waals surface area contributed by atoms with E-state index in [2.05, 4.69) is 26.5 Å². The smallest absolute Gasteiger partial charge is 0.410 e. The molecule has 188 valence electrons. The summed E-state index contributed by atoms with van der Waals surface area (Å²) in [6.45, 7) is 5.57. The maximum atomic E-state index is 15.3. The zero-order valence-electron chi connectivity index (χ0n) is 20.3. The Bertz CT molecular complexity index is 1360. The molecule has 3 heterocycles. The fraction of sp³-hybridized carbons (Fsp3) is 0.480. The number of piperidine rings is 1. The summed E-state index contributed by atoms with van der Waals surface area (Å²) >= 11 is 6.45. The number of ether oxygens (including phenoxy) is 1. The van der Waals surface area contributed by atoms with E-state index in [1.54, 1.807) is 50.0 Å². The van der Waals surface area contributed by atoms with E-state index in [9.17, 15) is 10.1 Å². The molecule has 0 spiro atoms. The highest BCUT2D eigenvalue weighted by molar-refractivity contribution is 6.32. The van der Waals surface area contributed by atoms with Crippen molar-refractivity contribution >= 4 is 40.2 Å². The molecule has 2 aliphatic rings. The number of nitrogens with zero attached hydrogens (tertiary/aromatic N) is 6. The molecule has 3 aromatic rings. The third-order valence-corrected chi connectivity index (χ3v) is 6.71. The molecule has 0 unspecified atom stereocenters. The van der Waals surface area contributed by atoms with Crippen molar-refractivity contribution in [3.8, 4) is 6.07 Å². The number of carbonyl (C=O) groups excluding carboxylic acids is 1. The summed E-state index contributed by atoms with van der Waals surface area (Å²) in [4.78, 5) is 22.7. The minimum atomic E-state index is -1.35. The van der Waals surface area contributed by atoms with Gasteiger partial charge in [-0.05, 0) is 57.7 Å². The van der Waals surface area contributed by atoms with Crippen LogP contribution in [0.5, 0.6) is 0 Å². The van der Waals surface area contributed by atoms with Gasteiger partial charge in [-0.1, -0.05) is 11.6 Å². The van der Waals surface area contributed by atoms with Gasteiger partial charge < -0.3 is 15.0 Å². The van der Waals surface area contributed by atoms with Gasteiger partial charge in [0.15, 0.2) is 5.15 Å². The van der Waals surface area contributed by atoms with E-state index in [1.165, 1.54) is 4.90 Å². The van der Waals surface area contributed by atoms with Gasteiger partial charge in [-0.25, -0.2) is 23.8 Å². The lowest BCUT2D eigenvalue weighted by Crippen LogP contribution is -2.46. The molecule has 36 heavy (non-hydrogen) atoms. The average Bonchev–Trinajstić information content (AvgIpc) is 3.60. The molecule has 1 aromatic carbocycles. The van der Waals surface area contributed by atoms with Crippen LogP contribution in [0, 0.1) is 11.3 Å². The van der Waals surface area contributed by atoms with Crippen LogP contribution in [0.1, 0.15) is 63.1 Å². The van der Waals surface area contributed by atoms with E-state index >= 15 is 4.39 Å². The lowest BCUT2D eigenvalue weighted by atomic mass is 9.85. The second kappa shape index (κ2) is 9.21. The van der Waals surface area contributed by atoms with Gasteiger partial charge in [-0.15, -0.1) is 0 Å². The van der Waals surface area contributed by atoms with E-state index in [0.29, 0.717) is 57.8 Å². The molecule has 1 aliphatic carbocycles. The molecule has 2 fully saturated rings. The van der Waals surface area contributed by atoms with E-state index in [4.69, 9.17) is 16.3 Å². The number of nitrogens with one attached hydrogen (secondary N) is 1. The lowest BCUT2D eigenvalue weighted by molar-refractivity contribution is 0.0111. The zero-order valence-corrected chi connectivity index (χ0v) is 21.1. The summed E-state index contributed by atoms with van der Waals surface area (Å²) in [5.41, 5.74) is 1.48. The standard InChI is InChI=1S/C25H27ClFN7O2/c1-25(2,3)36-24(35)33-7-6-17(19(27)13-33)18-9-20-15(8-14(18)10-28)11-29-23(31-20)32-21-12-30-34(22(21)26)16-4-5-16/h8-9,11-12,16-17,19H,4-7,13H2,1-3H3,(H,29,31,32)/t17-,19+/m1/s1. The van der Waals surface area contributed by atoms with Gasteiger partial charge in [-0.3, -0.25) is 0 Å². The number of halogens is 2. The number of rotatable bonds is 4. The number of likely N-dealkylation sites (tertiary alicyclic amines) is 1. The molecule has 1 aliphatic heterocycles. The molecule has 0 radical (unpaired) electrons. The number of alkyl halides is 1. The van der Waals surface area contributed by atoms with Crippen molar-refractivity contribution in [2.24, 2.45) is 0 Å². The predicted octanol–water partition coefficient (Wildman–Crippen LogP) is 5.49. The summed E-state index contributed by atoms with van der Waals surface area (Å²) in [6, 6.07) is 5.95. The normalized spacial score (nSPS) is 20.3. The second-order valence-corrected chi connectivity index (χ2v) is 10.6. The number of aromatic nitrogens is 4. The fourth-order valence-electron chi connectivity index (χ4n) is 4.43. The van der Waals surface area contributed by atoms with Crippen molar-refractivity contribution in [2.45, 2.75) is 63.8 Å². The lowest BCUT2D eigenvalue weighted by Gasteiger charge is -2.36. The van der Waals surface area contributed by atoms with Gasteiger partial charge in [0.1, 0.15) is 11.8 Å². The van der Waals surface area contributed by atoms with E-state index in [-0.39, 0.29) is 6.54 Å². The Morgan fingerprint density at radius 2 is 2.06 bits per heavy atom. The molecule has 1 saturated heterocycles. The van der Waals surface area contributed by atoms with Crippen LogP contribution in [-0.4, -0.2) is 55.6 Å². The van der Waals surface area contributed by atoms with Crippen LogP contribution >= 0.6 is 11.6 Å². The predicted molar refractivity (Wildman–Crippen MR) is 133 cm³/mol. The third kappa shape index (κ3) is 4.93. The maximum Gasteiger partial charge on any atom is 0.410 e. The van der Waals surface area contributed by atoms with Gasteiger partial charge in [-0.2, -0.15) is 10.4 Å². The molecule has 1 amide bonds. The van der Waals surface area contributed by atoms with E-state index in [1.807, 2.05) is 0 Å². The largest absolute Gasteiger partial charge is 0.444 e. The number of carbonyl (C=O) groups is 1. The second-order valence-electron chi connectivity index (χ2n) is 10.3. The van der Waals surface area contributed by atoms with Crippen molar-refractivity contribution < 1.29 is 13.9 Å². The Hall–Kier alpha value is -3.45. The summed E-state index contributed by atoms with van der Waals surface area (Å²) in [5.74, 6) is -0.215. The van der Waals surface area contributed by atoms with Crippen LogP contribution in [0.4, 0.5) is 20.8 Å². The number of amides is 1. The average molecular weight is 512 g/mol. The Labute approximate surface area is 213 Å². The monoisotopic (exact) mass is 511 g/mol. The van der Waals surface area contributed by atoms with Crippen LogP contribution in [0.15, 0.2) is 24.5 Å². The number of nitriles is 1. The van der Waals surface area contributed by atoms with Crippen LogP contribution in [0.25, 0.3) is 10.9 Å².